The highest BCUT2D eigenvalue weighted by atomic mass is 35.5. The zero-order valence-corrected chi connectivity index (χ0v) is 9.35. The van der Waals surface area contributed by atoms with Crippen LogP contribution in [0.3, 0.4) is 0 Å². The minimum Gasteiger partial charge on any atom is -0.351 e. The summed E-state index contributed by atoms with van der Waals surface area (Å²) in [5, 5.41) is 10.8. The van der Waals surface area contributed by atoms with Gasteiger partial charge < -0.3 is 4.90 Å². The molecule has 0 N–H and O–H groups in total. The second-order valence-corrected chi connectivity index (χ2v) is 4.00. The van der Waals surface area contributed by atoms with Crippen LogP contribution in [0.2, 0.25) is 5.15 Å². The number of hydrogen-bond acceptors (Lipinski definition) is 5. The average molecular weight is 243 g/mol. The summed E-state index contributed by atoms with van der Waals surface area (Å²) in [4.78, 5) is 19.9. The van der Waals surface area contributed by atoms with E-state index in [1.54, 1.807) is 0 Å². The third-order valence-corrected chi connectivity index (χ3v) is 2.87. The lowest BCUT2D eigenvalue weighted by Crippen LogP contribution is -2.30. The van der Waals surface area contributed by atoms with E-state index in [0.717, 1.165) is 32.4 Å². The molecular weight excluding hydrogens is 232 g/mol. The highest BCUT2D eigenvalue weighted by Crippen LogP contribution is 2.32. The summed E-state index contributed by atoms with van der Waals surface area (Å²) in [5.41, 5.74) is -0.189. The van der Waals surface area contributed by atoms with Crippen molar-refractivity contribution in [1.82, 2.24) is 9.97 Å². The number of rotatable bonds is 2. The minimum atomic E-state index is -0.522. The Hall–Kier alpha value is -1.43. The van der Waals surface area contributed by atoms with Gasteiger partial charge in [-0.3, -0.25) is 10.1 Å². The molecule has 1 aliphatic rings. The van der Waals surface area contributed by atoms with Crippen molar-refractivity contribution in [3.8, 4) is 0 Å². The Kier molecular flexibility index (Phi) is 3.19. The van der Waals surface area contributed by atoms with Crippen molar-refractivity contribution in [2.45, 2.75) is 19.3 Å². The summed E-state index contributed by atoms with van der Waals surface area (Å²) in [6.07, 6.45) is 4.47. The molecule has 1 aliphatic heterocycles. The normalized spacial score (nSPS) is 16.2. The Morgan fingerprint density at radius 1 is 1.31 bits per heavy atom. The van der Waals surface area contributed by atoms with E-state index in [2.05, 4.69) is 9.97 Å². The maximum Gasteiger partial charge on any atom is 0.348 e. The Bertz CT molecular complexity index is 406. The molecule has 1 aromatic rings. The predicted octanol–water partition coefficient (Wildman–Crippen LogP) is 2.03. The van der Waals surface area contributed by atoms with Crippen LogP contribution in [0.4, 0.5) is 11.5 Å². The average Bonchev–Trinajstić information content (AvgIpc) is 2.29. The van der Waals surface area contributed by atoms with Gasteiger partial charge in [-0.15, -0.1) is 0 Å². The van der Waals surface area contributed by atoms with Crippen molar-refractivity contribution in [2.75, 3.05) is 18.0 Å². The van der Waals surface area contributed by atoms with Crippen LogP contribution in [0.1, 0.15) is 19.3 Å². The van der Waals surface area contributed by atoms with E-state index < -0.39 is 4.92 Å². The summed E-state index contributed by atoms with van der Waals surface area (Å²) in [5.74, 6) is 0.338. The van der Waals surface area contributed by atoms with Gasteiger partial charge in [-0.25, -0.2) is 9.97 Å². The highest BCUT2D eigenvalue weighted by Gasteiger charge is 2.26. The maximum atomic E-state index is 10.9. The van der Waals surface area contributed by atoms with Gasteiger partial charge in [0.25, 0.3) is 0 Å². The first kappa shape index (κ1) is 11.1. The van der Waals surface area contributed by atoms with Gasteiger partial charge in [0.1, 0.15) is 6.33 Å². The molecule has 86 valence electrons. The van der Waals surface area contributed by atoms with Crippen LogP contribution in [-0.4, -0.2) is 28.0 Å². The molecule has 0 aliphatic carbocycles. The van der Waals surface area contributed by atoms with E-state index in [1.165, 1.54) is 6.33 Å². The second kappa shape index (κ2) is 4.61. The summed E-state index contributed by atoms with van der Waals surface area (Å²) >= 11 is 5.72. The first-order valence-electron chi connectivity index (χ1n) is 5.10. The fourth-order valence-electron chi connectivity index (χ4n) is 1.84. The van der Waals surface area contributed by atoms with Crippen LogP contribution in [0.25, 0.3) is 0 Å². The molecule has 0 bridgehead atoms. The van der Waals surface area contributed by atoms with Gasteiger partial charge >= 0.3 is 5.69 Å². The van der Waals surface area contributed by atoms with E-state index in [-0.39, 0.29) is 10.8 Å². The zero-order chi connectivity index (χ0) is 11.5. The number of anilines is 1. The molecule has 0 aromatic carbocycles. The molecule has 0 unspecified atom stereocenters. The molecular formula is C9H11ClN4O2. The monoisotopic (exact) mass is 242 g/mol. The standard InChI is InChI=1S/C9H11ClN4O2/c10-8-7(14(15)16)9(12-6-11-8)13-4-2-1-3-5-13/h6H,1-5H2. The van der Waals surface area contributed by atoms with E-state index in [9.17, 15) is 10.1 Å². The summed E-state index contributed by atoms with van der Waals surface area (Å²) in [6.45, 7) is 1.57. The van der Waals surface area contributed by atoms with Gasteiger partial charge in [-0.1, -0.05) is 11.6 Å². The third kappa shape index (κ3) is 2.06. The number of nitrogens with zero attached hydrogens (tertiary/aromatic N) is 4. The van der Waals surface area contributed by atoms with Crippen molar-refractivity contribution >= 4 is 23.1 Å². The SMILES string of the molecule is O=[N+]([O-])c1c(Cl)ncnc1N1CCCCC1. The van der Waals surface area contributed by atoms with Crippen molar-refractivity contribution in [3.05, 3.63) is 21.6 Å². The lowest BCUT2D eigenvalue weighted by molar-refractivity contribution is -0.384. The number of hydrogen-bond donors (Lipinski definition) is 0. The number of aromatic nitrogens is 2. The van der Waals surface area contributed by atoms with Gasteiger partial charge in [-0.05, 0) is 19.3 Å². The third-order valence-electron chi connectivity index (χ3n) is 2.60. The molecule has 16 heavy (non-hydrogen) atoms. The molecule has 0 saturated carbocycles. The molecule has 2 rings (SSSR count). The van der Waals surface area contributed by atoms with Gasteiger partial charge in [-0.2, -0.15) is 0 Å². The van der Waals surface area contributed by atoms with E-state index >= 15 is 0 Å². The quantitative estimate of drug-likeness (QED) is 0.451. The summed E-state index contributed by atoms with van der Waals surface area (Å²) < 4.78 is 0. The number of halogens is 1. The molecule has 0 radical (unpaired) electrons. The van der Waals surface area contributed by atoms with E-state index in [1.807, 2.05) is 4.90 Å². The largest absolute Gasteiger partial charge is 0.351 e. The first-order chi connectivity index (χ1) is 7.70. The molecule has 2 heterocycles. The van der Waals surface area contributed by atoms with Crippen LogP contribution >= 0.6 is 11.6 Å². The van der Waals surface area contributed by atoms with Gasteiger partial charge in [0, 0.05) is 13.1 Å². The van der Waals surface area contributed by atoms with Crippen LogP contribution in [0.5, 0.6) is 0 Å². The van der Waals surface area contributed by atoms with Crippen molar-refractivity contribution in [2.24, 2.45) is 0 Å². The summed E-state index contributed by atoms with van der Waals surface area (Å²) in [6, 6.07) is 0. The molecule has 1 fully saturated rings. The number of piperidine rings is 1. The van der Waals surface area contributed by atoms with Crippen LogP contribution in [0.15, 0.2) is 6.33 Å². The Morgan fingerprint density at radius 2 is 2.00 bits per heavy atom. The maximum absolute atomic E-state index is 10.9. The smallest absolute Gasteiger partial charge is 0.348 e. The molecule has 0 atom stereocenters. The highest BCUT2D eigenvalue weighted by molar-refractivity contribution is 6.31. The Labute approximate surface area is 97.4 Å². The Morgan fingerprint density at radius 3 is 2.62 bits per heavy atom. The predicted molar refractivity (Wildman–Crippen MR) is 59.8 cm³/mol. The fraction of sp³-hybridized carbons (Fsp3) is 0.556. The zero-order valence-electron chi connectivity index (χ0n) is 8.60. The van der Waals surface area contributed by atoms with Crippen molar-refractivity contribution in [1.29, 1.82) is 0 Å². The fourth-order valence-corrected chi connectivity index (χ4v) is 2.04. The molecule has 6 nitrogen and oxygen atoms in total. The first-order valence-corrected chi connectivity index (χ1v) is 5.48. The van der Waals surface area contributed by atoms with Gasteiger partial charge in [0.05, 0.1) is 4.92 Å². The van der Waals surface area contributed by atoms with Gasteiger partial charge in [0.2, 0.25) is 11.0 Å². The molecule has 0 spiro atoms. The van der Waals surface area contributed by atoms with Crippen LogP contribution in [-0.2, 0) is 0 Å². The van der Waals surface area contributed by atoms with Crippen molar-refractivity contribution < 1.29 is 4.92 Å². The number of nitro groups is 1. The lowest BCUT2D eigenvalue weighted by Gasteiger charge is -2.27. The molecule has 7 heteroatoms. The lowest BCUT2D eigenvalue weighted by atomic mass is 10.1. The van der Waals surface area contributed by atoms with E-state index in [0.29, 0.717) is 5.82 Å². The Balaban J connectivity index is 2.38. The summed E-state index contributed by atoms with van der Waals surface area (Å²) in [7, 11) is 0. The minimum absolute atomic E-state index is 0.0967. The van der Waals surface area contributed by atoms with Gasteiger partial charge in [0.15, 0.2) is 0 Å². The van der Waals surface area contributed by atoms with Crippen LogP contribution in [0, 0.1) is 10.1 Å². The van der Waals surface area contributed by atoms with Crippen molar-refractivity contribution in [3.63, 3.8) is 0 Å². The molecule has 1 aromatic heterocycles. The molecule has 0 amide bonds. The second-order valence-electron chi connectivity index (χ2n) is 3.64. The van der Waals surface area contributed by atoms with E-state index in [4.69, 9.17) is 11.6 Å². The molecule has 1 saturated heterocycles. The topological polar surface area (TPSA) is 72.2 Å². The van der Waals surface area contributed by atoms with Crippen LogP contribution < -0.4 is 4.90 Å².